The van der Waals surface area contributed by atoms with Crippen LogP contribution in [0, 0.1) is 0 Å². The van der Waals surface area contributed by atoms with Crippen LogP contribution in [-0.2, 0) is 13.0 Å². The third-order valence-corrected chi connectivity index (χ3v) is 5.41. The summed E-state index contributed by atoms with van der Waals surface area (Å²) in [6.07, 6.45) is 0.790. The number of benzene rings is 2. The van der Waals surface area contributed by atoms with E-state index in [9.17, 15) is 4.79 Å². The lowest BCUT2D eigenvalue weighted by Crippen LogP contribution is -2.51. The van der Waals surface area contributed by atoms with Gasteiger partial charge >= 0.3 is 6.03 Å². The minimum atomic E-state index is -0.0118. The Morgan fingerprint density at radius 3 is 2.48 bits per heavy atom. The molecule has 0 aliphatic carbocycles. The Hall–Kier alpha value is -3.46. The van der Waals surface area contributed by atoms with Crippen molar-refractivity contribution in [3.8, 4) is 11.4 Å². The molecule has 1 aromatic heterocycles. The highest BCUT2D eigenvalue weighted by atomic mass is 16.5. The minimum Gasteiger partial charge on any atom is -0.497 e. The second kappa shape index (κ2) is 10.0. The first-order chi connectivity index (χ1) is 15.2. The summed E-state index contributed by atoms with van der Waals surface area (Å²) in [6, 6.07) is 17.8. The van der Waals surface area contributed by atoms with Gasteiger partial charge in [0.25, 0.3) is 0 Å². The zero-order valence-corrected chi connectivity index (χ0v) is 17.6. The summed E-state index contributed by atoms with van der Waals surface area (Å²) in [7, 11) is 1.65. The zero-order chi connectivity index (χ0) is 21.5. The standard InChI is InChI=1S/C22H27N7O2/c1-31-20-9-7-18(8-10-20)11-12-23-22(30)28-15-13-27(14-16-28)17-21-24-25-26-29(21)19-5-3-2-4-6-19/h2-10H,11-17H2,1H3,(H,23,30). The molecular weight excluding hydrogens is 394 g/mol. The predicted octanol–water partition coefficient (Wildman–Crippen LogP) is 1.74. The monoisotopic (exact) mass is 421 g/mol. The van der Waals surface area contributed by atoms with Gasteiger partial charge in [-0.2, -0.15) is 4.68 Å². The van der Waals surface area contributed by atoms with Gasteiger partial charge in [-0.05, 0) is 46.7 Å². The van der Waals surface area contributed by atoms with Crippen molar-refractivity contribution in [2.24, 2.45) is 0 Å². The molecule has 0 unspecified atom stereocenters. The number of hydrogen-bond donors (Lipinski definition) is 1. The fraction of sp³-hybridized carbons (Fsp3) is 0.364. The molecule has 0 bridgehead atoms. The van der Waals surface area contributed by atoms with Crippen molar-refractivity contribution in [1.29, 1.82) is 0 Å². The molecule has 0 atom stereocenters. The predicted molar refractivity (Wildman–Crippen MR) is 116 cm³/mol. The number of urea groups is 1. The largest absolute Gasteiger partial charge is 0.497 e. The number of carbonyl (C=O) groups excluding carboxylic acids is 1. The van der Waals surface area contributed by atoms with Crippen molar-refractivity contribution >= 4 is 6.03 Å². The molecule has 0 radical (unpaired) electrons. The van der Waals surface area contributed by atoms with Crippen molar-refractivity contribution in [2.45, 2.75) is 13.0 Å². The third kappa shape index (κ3) is 5.37. The second-order valence-electron chi connectivity index (χ2n) is 7.44. The summed E-state index contributed by atoms with van der Waals surface area (Å²) in [5.41, 5.74) is 2.11. The fourth-order valence-corrected chi connectivity index (χ4v) is 3.60. The Labute approximate surface area is 181 Å². The van der Waals surface area contributed by atoms with Crippen molar-refractivity contribution < 1.29 is 9.53 Å². The summed E-state index contributed by atoms with van der Waals surface area (Å²) in [6.45, 7) is 4.19. The molecule has 0 saturated carbocycles. The molecule has 1 N–H and O–H groups in total. The van der Waals surface area contributed by atoms with Crippen LogP contribution in [0.25, 0.3) is 5.69 Å². The smallest absolute Gasteiger partial charge is 0.317 e. The number of nitrogens with zero attached hydrogens (tertiary/aromatic N) is 6. The van der Waals surface area contributed by atoms with Gasteiger partial charge in [0.2, 0.25) is 0 Å². The van der Waals surface area contributed by atoms with E-state index in [4.69, 9.17) is 4.74 Å². The number of hydrogen-bond acceptors (Lipinski definition) is 6. The fourth-order valence-electron chi connectivity index (χ4n) is 3.60. The molecule has 2 aromatic carbocycles. The number of rotatable bonds is 7. The highest BCUT2D eigenvalue weighted by Gasteiger charge is 2.22. The summed E-state index contributed by atoms with van der Waals surface area (Å²) in [5, 5.41) is 15.1. The number of carbonyl (C=O) groups is 1. The molecule has 3 aromatic rings. The molecule has 1 saturated heterocycles. The van der Waals surface area contributed by atoms with Crippen LogP contribution in [0.2, 0.25) is 0 Å². The summed E-state index contributed by atoms with van der Waals surface area (Å²) < 4.78 is 6.93. The van der Waals surface area contributed by atoms with Gasteiger partial charge in [0.1, 0.15) is 5.75 Å². The van der Waals surface area contributed by atoms with E-state index in [2.05, 4.69) is 25.7 Å². The van der Waals surface area contributed by atoms with Crippen molar-refractivity contribution in [1.82, 2.24) is 35.3 Å². The number of ether oxygens (including phenoxy) is 1. The van der Waals surface area contributed by atoms with Gasteiger partial charge in [-0.15, -0.1) is 5.10 Å². The van der Waals surface area contributed by atoms with Gasteiger partial charge in [0.05, 0.1) is 19.3 Å². The Balaban J connectivity index is 1.22. The molecule has 2 amide bonds. The third-order valence-electron chi connectivity index (χ3n) is 5.41. The molecule has 1 aliphatic rings. The molecular formula is C22H27N7O2. The lowest BCUT2D eigenvalue weighted by Gasteiger charge is -2.34. The highest BCUT2D eigenvalue weighted by molar-refractivity contribution is 5.74. The first-order valence-electron chi connectivity index (χ1n) is 10.4. The van der Waals surface area contributed by atoms with Crippen LogP contribution in [0.3, 0.4) is 0 Å². The van der Waals surface area contributed by atoms with E-state index in [0.717, 1.165) is 36.8 Å². The molecule has 9 nitrogen and oxygen atoms in total. The van der Waals surface area contributed by atoms with E-state index in [1.54, 1.807) is 11.8 Å². The SMILES string of the molecule is COc1ccc(CCNC(=O)N2CCN(Cc3nnnn3-c3ccccc3)CC2)cc1. The number of nitrogens with one attached hydrogen (secondary N) is 1. The summed E-state index contributed by atoms with van der Waals surface area (Å²) >= 11 is 0. The molecule has 9 heteroatoms. The van der Waals surface area contributed by atoms with Gasteiger partial charge in [-0.1, -0.05) is 30.3 Å². The van der Waals surface area contributed by atoms with E-state index in [1.807, 2.05) is 59.5 Å². The number of methoxy groups -OCH3 is 1. The first kappa shape index (κ1) is 20.8. The maximum atomic E-state index is 12.5. The number of piperazine rings is 1. The van der Waals surface area contributed by atoms with E-state index in [0.29, 0.717) is 26.2 Å². The van der Waals surface area contributed by atoms with E-state index >= 15 is 0 Å². The van der Waals surface area contributed by atoms with Crippen LogP contribution in [0.1, 0.15) is 11.4 Å². The Morgan fingerprint density at radius 1 is 1.03 bits per heavy atom. The van der Waals surface area contributed by atoms with Gasteiger partial charge in [0.15, 0.2) is 5.82 Å². The van der Waals surface area contributed by atoms with Crippen molar-refractivity contribution in [3.05, 3.63) is 66.0 Å². The molecule has 162 valence electrons. The Kier molecular flexibility index (Phi) is 6.73. The average molecular weight is 422 g/mol. The highest BCUT2D eigenvalue weighted by Crippen LogP contribution is 2.12. The van der Waals surface area contributed by atoms with Crippen molar-refractivity contribution in [2.75, 3.05) is 39.8 Å². The number of aromatic nitrogens is 4. The molecule has 0 spiro atoms. The summed E-state index contributed by atoms with van der Waals surface area (Å²) in [4.78, 5) is 16.6. The van der Waals surface area contributed by atoms with Gasteiger partial charge in [-0.25, -0.2) is 4.79 Å². The maximum Gasteiger partial charge on any atom is 0.317 e. The Bertz CT molecular complexity index is 967. The normalized spacial score (nSPS) is 14.4. The topological polar surface area (TPSA) is 88.4 Å². The first-order valence-corrected chi connectivity index (χ1v) is 10.4. The van der Waals surface area contributed by atoms with Crippen molar-refractivity contribution in [3.63, 3.8) is 0 Å². The molecule has 31 heavy (non-hydrogen) atoms. The lowest BCUT2D eigenvalue weighted by atomic mass is 10.1. The Morgan fingerprint density at radius 2 is 1.77 bits per heavy atom. The minimum absolute atomic E-state index is 0.0118. The lowest BCUT2D eigenvalue weighted by molar-refractivity contribution is 0.133. The number of amides is 2. The zero-order valence-electron chi connectivity index (χ0n) is 17.6. The van der Waals surface area contributed by atoms with E-state index < -0.39 is 0 Å². The average Bonchev–Trinajstić information content (AvgIpc) is 3.28. The van der Waals surface area contributed by atoms with E-state index in [-0.39, 0.29) is 6.03 Å². The van der Waals surface area contributed by atoms with Gasteiger partial charge in [-0.3, -0.25) is 4.90 Å². The number of tetrazole rings is 1. The summed E-state index contributed by atoms with van der Waals surface area (Å²) in [5.74, 6) is 1.63. The molecule has 1 aliphatic heterocycles. The number of para-hydroxylation sites is 1. The van der Waals surface area contributed by atoms with Gasteiger partial charge < -0.3 is 15.0 Å². The molecule has 4 rings (SSSR count). The quantitative estimate of drug-likeness (QED) is 0.625. The van der Waals surface area contributed by atoms with Gasteiger partial charge in [0, 0.05) is 32.7 Å². The van der Waals surface area contributed by atoms with E-state index in [1.165, 1.54) is 5.56 Å². The second-order valence-corrected chi connectivity index (χ2v) is 7.44. The van der Waals surface area contributed by atoms with Crippen LogP contribution < -0.4 is 10.1 Å². The maximum absolute atomic E-state index is 12.5. The van der Waals surface area contributed by atoms with Crippen LogP contribution in [-0.4, -0.2) is 75.9 Å². The van der Waals surface area contributed by atoms with Crippen LogP contribution >= 0.6 is 0 Å². The van der Waals surface area contributed by atoms with Crippen LogP contribution in [0.15, 0.2) is 54.6 Å². The van der Waals surface area contributed by atoms with Crippen LogP contribution in [0.5, 0.6) is 5.75 Å². The molecule has 2 heterocycles. The van der Waals surface area contributed by atoms with Crippen LogP contribution in [0.4, 0.5) is 4.79 Å². The molecule has 1 fully saturated rings.